The van der Waals surface area contributed by atoms with Crippen molar-refractivity contribution in [2.75, 3.05) is 40.4 Å². The minimum absolute atomic E-state index is 0.0731. The van der Waals surface area contributed by atoms with Crippen LogP contribution in [-0.2, 0) is 14.8 Å². The Labute approximate surface area is 130 Å². The highest BCUT2D eigenvalue weighted by Crippen LogP contribution is 2.41. The van der Waals surface area contributed by atoms with Gasteiger partial charge in [0.2, 0.25) is 10.0 Å². The van der Waals surface area contributed by atoms with E-state index in [4.69, 9.17) is 4.74 Å². The van der Waals surface area contributed by atoms with Crippen molar-refractivity contribution in [2.24, 2.45) is 5.92 Å². The Morgan fingerprint density at radius 3 is 2.55 bits per heavy atom. The number of likely N-dealkylation sites (tertiary alicyclic amines) is 1. The lowest BCUT2D eigenvalue weighted by Crippen LogP contribution is -2.67. The van der Waals surface area contributed by atoms with Gasteiger partial charge in [-0.3, -0.25) is 4.90 Å². The summed E-state index contributed by atoms with van der Waals surface area (Å²) in [6, 6.07) is 5.00. The summed E-state index contributed by atoms with van der Waals surface area (Å²) < 4.78 is 44.7. The van der Waals surface area contributed by atoms with Gasteiger partial charge in [-0.25, -0.2) is 12.8 Å². The molecule has 2 fully saturated rings. The van der Waals surface area contributed by atoms with E-state index in [1.54, 1.807) is 7.11 Å². The third-order valence-electron chi connectivity index (χ3n) is 4.81. The summed E-state index contributed by atoms with van der Waals surface area (Å²) in [5.74, 6) is 0.0163. The maximum atomic E-state index is 13.0. The highest BCUT2D eigenvalue weighted by atomic mass is 32.2. The Hall–Kier alpha value is -1.02. The van der Waals surface area contributed by atoms with Crippen LogP contribution < -0.4 is 0 Å². The zero-order valence-corrected chi connectivity index (χ0v) is 13.6. The lowest BCUT2D eigenvalue weighted by molar-refractivity contribution is 0.0372. The van der Waals surface area contributed by atoms with Crippen LogP contribution in [0.1, 0.15) is 6.42 Å². The molecule has 1 spiro atoms. The van der Waals surface area contributed by atoms with Crippen molar-refractivity contribution in [3.8, 4) is 0 Å². The third-order valence-corrected chi connectivity index (χ3v) is 6.61. The second-order valence-electron chi connectivity index (χ2n) is 6.36. The van der Waals surface area contributed by atoms with Crippen LogP contribution >= 0.6 is 0 Å². The fourth-order valence-corrected chi connectivity index (χ4v) is 5.19. The molecule has 5 nitrogen and oxygen atoms in total. The van der Waals surface area contributed by atoms with E-state index >= 15 is 0 Å². The summed E-state index contributed by atoms with van der Waals surface area (Å²) in [5, 5.41) is 0. The lowest BCUT2D eigenvalue weighted by Gasteiger charge is -2.50. The first-order valence-electron chi connectivity index (χ1n) is 7.33. The van der Waals surface area contributed by atoms with Crippen LogP contribution in [0, 0.1) is 11.7 Å². The molecule has 7 heteroatoms. The van der Waals surface area contributed by atoms with Gasteiger partial charge in [-0.15, -0.1) is 0 Å². The molecule has 0 aromatic heterocycles. The number of ether oxygens (including phenoxy) is 1. The van der Waals surface area contributed by atoms with Gasteiger partial charge in [-0.05, 0) is 43.7 Å². The summed E-state index contributed by atoms with van der Waals surface area (Å²) >= 11 is 0. The van der Waals surface area contributed by atoms with E-state index in [1.165, 1.54) is 28.6 Å². The Morgan fingerprint density at radius 1 is 1.32 bits per heavy atom. The van der Waals surface area contributed by atoms with Gasteiger partial charge in [0.1, 0.15) is 5.82 Å². The van der Waals surface area contributed by atoms with Crippen LogP contribution in [0.3, 0.4) is 0 Å². The second-order valence-corrected chi connectivity index (χ2v) is 8.30. The molecule has 122 valence electrons. The normalized spacial score (nSPS) is 25.5. The third kappa shape index (κ3) is 2.56. The van der Waals surface area contributed by atoms with Crippen LogP contribution in [0.15, 0.2) is 29.2 Å². The molecule has 1 unspecified atom stereocenters. The SMILES string of the molecule is COCC1CN(C)C2(C1)CN(S(=O)(=O)c1ccc(F)cc1)C2. The molecule has 0 amide bonds. The van der Waals surface area contributed by atoms with Crippen molar-refractivity contribution >= 4 is 10.0 Å². The summed E-state index contributed by atoms with van der Waals surface area (Å²) in [4.78, 5) is 2.39. The number of hydrogen-bond acceptors (Lipinski definition) is 4. The Bertz CT molecular complexity index is 641. The average molecular weight is 328 g/mol. The Balaban J connectivity index is 1.71. The van der Waals surface area contributed by atoms with Crippen molar-refractivity contribution in [3.63, 3.8) is 0 Å². The van der Waals surface area contributed by atoms with Gasteiger partial charge in [0.05, 0.1) is 11.5 Å². The van der Waals surface area contributed by atoms with Gasteiger partial charge >= 0.3 is 0 Å². The Kier molecular flexibility index (Phi) is 4.01. The lowest BCUT2D eigenvalue weighted by atomic mass is 9.87. The predicted octanol–water partition coefficient (Wildman–Crippen LogP) is 1.17. The van der Waals surface area contributed by atoms with Crippen molar-refractivity contribution in [2.45, 2.75) is 16.9 Å². The molecule has 1 aromatic rings. The maximum absolute atomic E-state index is 13.0. The van der Waals surface area contributed by atoms with Gasteiger partial charge in [0, 0.05) is 32.3 Å². The highest BCUT2D eigenvalue weighted by Gasteiger charge is 2.55. The van der Waals surface area contributed by atoms with E-state index in [2.05, 4.69) is 4.90 Å². The molecule has 2 aliphatic heterocycles. The average Bonchev–Trinajstić information content (AvgIpc) is 2.75. The summed E-state index contributed by atoms with van der Waals surface area (Å²) in [6.45, 7) is 2.61. The molecule has 2 aliphatic rings. The summed E-state index contributed by atoms with van der Waals surface area (Å²) in [6.07, 6.45) is 0.951. The predicted molar refractivity (Wildman–Crippen MR) is 80.5 cm³/mol. The number of benzene rings is 1. The van der Waals surface area contributed by atoms with Crippen LogP contribution in [0.25, 0.3) is 0 Å². The molecular weight excluding hydrogens is 307 g/mol. The highest BCUT2D eigenvalue weighted by molar-refractivity contribution is 7.89. The first kappa shape index (κ1) is 15.9. The number of rotatable bonds is 4. The van der Waals surface area contributed by atoms with Gasteiger partial charge in [-0.1, -0.05) is 0 Å². The van der Waals surface area contributed by atoms with E-state index in [0.29, 0.717) is 25.6 Å². The fraction of sp³-hybridized carbons (Fsp3) is 0.600. The van der Waals surface area contributed by atoms with Crippen molar-refractivity contribution in [3.05, 3.63) is 30.1 Å². The topological polar surface area (TPSA) is 49.9 Å². The number of nitrogens with zero attached hydrogens (tertiary/aromatic N) is 2. The molecule has 0 N–H and O–H groups in total. The zero-order valence-electron chi connectivity index (χ0n) is 12.8. The van der Waals surface area contributed by atoms with Crippen molar-refractivity contribution < 1.29 is 17.5 Å². The molecule has 2 saturated heterocycles. The molecule has 0 saturated carbocycles. The quantitative estimate of drug-likeness (QED) is 0.832. The number of likely N-dealkylation sites (N-methyl/N-ethyl adjacent to an activating group) is 1. The molecule has 3 rings (SSSR count). The first-order chi connectivity index (χ1) is 10.4. The van der Waals surface area contributed by atoms with E-state index in [1.807, 2.05) is 7.05 Å². The van der Waals surface area contributed by atoms with Gasteiger partial charge in [0.25, 0.3) is 0 Å². The largest absolute Gasteiger partial charge is 0.384 e. The molecule has 0 bridgehead atoms. The van der Waals surface area contributed by atoms with Gasteiger partial charge in [0.15, 0.2) is 0 Å². The molecule has 22 heavy (non-hydrogen) atoms. The number of hydrogen-bond donors (Lipinski definition) is 0. The molecular formula is C15H21FN2O3S. The molecule has 1 atom stereocenters. The first-order valence-corrected chi connectivity index (χ1v) is 8.77. The van der Waals surface area contributed by atoms with Crippen LogP contribution in [0.5, 0.6) is 0 Å². The molecule has 2 heterocycles. The fourth-order valence-electron chi connectivity index (χ4n) is 3.59. The summed E-state index contributed by atoms with van der Waals surface area (Å²) in [5.41, 5.74) is -0.0731. The van der Waals surface area contributed by atoms with Crippen molar-refractivity contribution in [1.82, 2.24) is 9.21 Å². The standard InChI is InChI=1S/C15H21FN2O3S/c1-17-8-12(9-21-2)7-15(17)10-18(11-15)22(19,20)14-5-3-13(16)4-6-14/h3-6,12H,7-11H2,1-2H3. The van der Waals surface area contributed by atoms with E-state index < -0.39 is 15.8 Å². The van der Waals surface area contributed by atoms with Gasteiger partial charge < -0.3 is 4.74 Å². The Morgan fingerprint density at radius 2 is 1.95 bits per heavy atom. The second kappa shape index (κ2) is 5.56. The number of sulfonamides is 1. The minimum Gasteiger partial charge on any atom is -0.384 e. The number of halogens is 1. The van der Waals surface area contributed by atoms with Gasteiger partial charge in [-0.2, -0.15) is 4.31 Å². The maximum Gasteiger partial charge on any atom is 0.243 e. The van der Waals surface area contributed by atoms with E-state index in [9.17, 15) is 12.8 Å². The minimum atomic E-state index is -3.53. The monoisotopic (exact) mass is 328 g/mol. The molecule has 0 aliphatic carbocycles. The number of methoxy groups -OCH3 is 1. The zero-order chi connectivity index (χ0) is 16.0. The van der Waals surface area contributed by atoms with E-state index in [-0.39, 0.29) is 10.4 Å². The van der Waals surface area contributed by atoms with Crippen LogP contribution in [0.4, 0.5) is 4.39 Å². The smallest absolute Gasteiger partial charge is 0.243 e. The van der Waals surface area contributed by atoms with Crippen LogP contribution in [-0.4, -0.2) is 63.6 Å². The molecule has 0 radical (unpaired) electrons. The summed E-state index contributed by atoms with van der Waals surface area (Å²) in [7, 11) is 0.204. The molecule has 1 aromatic carbocycles. The van der Waals surface area contributed by atoms with Crippen molar-refractivity contribution in [1.29, 1.82) is 0 Å². The van der Waals surface area contributed by atoms with E-state index in [0.717, 1.165) is 13.0 Å². The van der Waals surface area contributed by atoms with Crippen LogP contribution in [0.2, 0.25) is 0 Å².